The SMILES string of the molecule is COc1ccc(CN(C(=O)CN2C(=O)C(=O)c3ccccc32)C(C(=O)Nc2ccc3c(c2)OCO3)c2ccc(C(C)C)cc2)cc1. The summed E-state index contributed by atoms with van der Waals surface area (Å²) >= 11 is 0. The predicted octanol–water partition coefficient (Wildman–Crippen LogP) is 5.49. The van der Waals surface area contributed by atoms with Gasteiger partial charge in [0.05, 0.1) is 18.4 Å². The normalized spacial score (nSPS) is 13.9. The maximum absolute atomic E-state index is 14.4. The van der Waals surface area contributed by atoms with Crippen LogP contribution >= 0.6 is 0 Å². The minimum atomic E-state index is -1.11. The molecule has 1 unspecified atom stereocenters. The number of methoxy groups -OCH3 is 1. The van der Waals surface area contributed by atoms with E-state index in [2.05, 4.69) is 19.2 Å². The number of para-hydroxylation sites is 1. The van der Waals surface area contributed by atoms with Gasteiger partial charge < -0.3 is 24.4 Å². The summed E-state index contributed by atoms with van der Waals surface area (Å²) in [4.78, 5) is 57.1. The van der Waals surface area contributed by atoms with Crippen LogP contribution in [-0.4, -0.2) is 48.9 Å². The van der Waals surface area contributed by atoms with Crippen molar-refractivity contribution in [2.75, 3.05) is 30.7 Å². The predicted molar refractivity (Wildman–Crippen MR) is 171 cm³/mol. The van der Waals surface area contributed by atoms with E-state index in [0.29, 0.717) is 34.2 Å². The average Bonchev–Trinajstić information content (AvgIpc) is 3.63. The minimum Gasteiger partial charge on any atom is -0.497 e. The fourth-order valence-corrected chi connectivity index (χ4v) is 5.60. The molecule has 0 spiro atoms. The molecule has 1 atom stereocenters. The van der Waals surface area contributed by atoms with Crippen molar-refractivity contribution in [2.24, 2.45) is 0 Å². The van der Waals surface area contributed by atoms with Crippen LogP contribution in [0.2, 0.25) is 0 Å². The van der Waals surface area contributed by atoms with E-state index in [1.807, 2.05) is 36.4 Å². The van der Waals surface area contributed by atoms with Gasteiger partial charge in [-0.3, -0.25) is 24.1 Å². The Kier molecular flexibility index (Phi) is 8.43. The highest BCUT2D eigenvalue weighted by Gasteiger charge is 2.39. The van der Waals surface area contributed by atoms with Gasteiger partial charge in [-0.25, -0.2) is 0 Å². The van der Waals surface area contributed by atoms with E-state index in [9.17, 15) is 19.2 Å². The molecule has 10 nitrogen and oxygen atoms in total. The van der Waals surface area contributed by atoms with Crippen molar-refractivity contribution in [1.29, 1.82) is 0 Å². The van der Waals surface area contributed by atoms with Gasteiger partial charge >= 0.3 is 0 Å². The van der Waals surface area contributed by atoms with Crippen LogP contribution in [0, 0.1) is 0 Å². The van der Waals surface area contributed by atoms with E-state index in [1.54, 1.807) is 61.7 Å². The Morgan fingerprint density at radius 1 is 0.891 bits per heavy atom. The molecule has 0 aliphatic carbocycles. The summed E-state index contributed by atoms with van der Waals surface area (Å²) in [6, 6.07) is 25.3. The number of nitrogens with one attached hydrogen (secondary N) is 1. The average molecular weight is 620 g/mol. The van der Waals surface area contributed by atoms with Crippen molar-refractivity contribution >= 4 is 34.9 Å². The monoisotopic (exact) mass is 619 g/mol. The number of ether oxygens (including phenoxy) is 3. The van der Waals surface area contributed by atoms with Gasteiger partial charge in [-0.2, -0.15) is 0 Å². The van der Waals surface area contributed by atoms with Crippen molar-refractivity contribution in [1.82, 2.24) is 4.90 Å². The maximum atomic E-state index is 14.4. The Bertz CT molecular complexity index is 1800. The third-order valence-electron chi connectivity index (χ3n) is 8.12. The fourth-order valence-electron chi connectivity index (χ4n) is 5.60. The smallest absolute Gasteiger partial charge is 0.299 e. The van der Waals surface area contributed by atoms with Crippen molar-refractivity contribution in [3.05, 3.63) is 113 Å². The van der Waals surface area contributed by atoms with Crippen LogP contribution < -0.4 is 24.4 Å². The number of rotatable bonds is 10. The lowest BCUT2D eigenvalue weighted by molar-refractivity contribution is -0.139. The van der Waals surface area contributed by atoms with Crippen LogP contribution in [-0.2, 0) is 20.9 Å². The van der Waals surface area contributed by atoms with Crippen LogP contribution in [0.25, 0.3) is 0 Å². The topological polar surface area (TPSA) is 114 Å². The zero-order chi connectivity index (χ0) is 32.4. The first-order valence-electron chi connectivity index (χ1n) is 14.9. The molecule has 4 aromatic carbocycles. The number of hydrogen-bond donors (Lipinski definition) is 1. The lowest BCUT2D eigenvalue weighted by atomic mass is 9.97. The molecule has 46 heavy (non-hydrogen) atoms. The Labute approximate surface area is 266 Å². The second-order valence-corrected chi connectivity index (χ2v) is 11.4. The number of amides is 3. The van der Waals surface area contributed by atoms with Gasteiger partial charge in [0.15, 0.2) is 11.5 Å². The highest BCUT2D eigenvalue weighted by molar-refractivity contribution is 6.52. The molecule has 0 radical (unpaired) electrons. The summed E-state index contributed by atoms with van der Waals surface area (Å²) < 4.78 is 16.2. The second kappa shape index (κ2) is 12.8. The minimum absolute atomic E-state index is 0.0333. The number of Topliss-reactive ketones (excluding diaryl/α,β-unsaturated/α-hetero) is 1. The summed E-state index contributed by atoms with van der Waals surface area (Å²) in [5.41, 5.74) is 3.45. The molecule has 2 aliphatic rings. The van der Waals surface area contributed by atoms with E-state index in [1.165, 1.54) is 9.80 Å². The molecule has 0 bridgehead atoms. The van der Waals surface area contributed by atoms with Gasteiger partial charge in [0.25, 0.3) is 17.6 Å². The summed E-state index contributed by atoms with van der Waals surface area (Å²) in [6.45, 7) is 3.83. The van der Waals surface area contributed by atoms with E-state index in [0.717, 1.165) is 11.1 Å². The molecule has 0 fully saturated rings. The number of ketones is 1. The van der Waals surface area contributed by atoms with Crippen LogP contribution in [0.4, 0.5) is 11.4 Å². The van der Waals surface area contributed by atoms with Gasteiger partial charge in [-0.15, -0.1) is 0 Å². The van der Waals surface area contributed by atoms with Gasteiger partial charge in [0.2, 0.25) is 12.7 Å². The summed E-state index contributed by atoms with van der Waals surface area (Å²) in [6.07, 6.45) is 0. The summed E-state index contributed by atoms with van der Waals surface area (Å²) in [5, 5.41) is 2.95. The molecule has 0 saturated carbocycles. The molecule has 234 valence electrons. The fraction of sp³-hybridized carbons (Fsp3) is 0.222. The molecule has 1 N–H and O–H groups in total. The zero-order valence-corrected chi connectivity index (χ0v) is 25.7. The van der Waals surface area contributed by atoms with Gasteiger partial charge in [0, 0.05) is 18.3 Å². The highest BCUT2D eigenvalue weighted by Crippen LogP contribution is 2.36. The Morgan fingerprint density at radius 2 is 1.59 bits per heavy atom. The van der Waals surface area contributed by atoms with Crippen molar-refractivity contribution < 1.29 is 33.4 Å². The number of nitrogens with zero attached hydrogens (tertiary/aromatic N) is 2. The van der Waals surface area contributed by atoms with E-state index >= 15 is 0 Å². The van der Waals surface area contributed by atoms with E-state index < -0.39 is 36.1 Å². The first-order chi connectivity index (χ1) is 22.2. The Balaban J connectivity index is 1.39. The second-order valence-electron chi connectivity index (χ2n) is 11.4. The first-order valence-corrected chi connectivity index (χ1v) is 14.9. The summed E-state index contributed by atoms with van der Waals surface area (Å²) in [7, 11) is 1.56. The molecule has 4 aromatic rings. The van der Waals surface area contributed by atoms with Gasteiger partial charge in [-0.1, -0.05) is 62.4 Å². The lowest BCUT2D eigenvalue weighted by Gasteiger charge is -2.33. The van der Waals surface area contributed by atoms with Crippen molar-refractivity contribution in [3.63, 3.8) is 0 Å². The molecule has 0 aromatic heterocycles. The standard InChI is InChI=1S/C36H33N3O7/c1-22(2)24-10-12-25(13-11-24)33(35(42)37-26-14-17-30-31(18-26)46-21-45-30)39(19-23-8-15-27(44-3)16-9-23)32(40)20-38-29-7-5-4-6-28(29)34(41)36(38)43/h4-18,22,33H,19-21H2,1-3H3,(H,37,42). The number of benzene rings is 4. The molecule has 2 aliphatic heterocycles. The van der Waals surface area contributed by atoms with E-state index in [4.69, 9.17) is 14.2 Å². The van der Waals surface area contributed by atoms with Gasteiger partial charge in [0.1, 0.15) is 18.3 Å². The molecule has 2 heterocycles. The number of hydrogen-bond acceptors (Lipinski definition) is 7. The van der Waals surface area contributed by atoms with Crippen LogP contribution in [0.3, 0.4) is 0 Å². The number of anilines is 2. The molecule has 6 rings (SSSR count). The van der Waals surface area contributed by atoms with Gasteiger partial charge in [-0.05, 0) is 59.0 Å². The number of carbonyl (C=O) groups is 4. The number of carbonyl (C=O) groups excluding carboxylic acids is 4. The largest absolute Gasteiger partial charge is 0.497 e. The highest BCUT2D eigenvalue weighted by atomic mass is 16.7. The quantitative estimate of drug-likeness (QED) is 0.234. The van der Waals surface area contributed by atoms with Crippen LogP contribution in [0.5, 0.6) is 17.2 Å². The third kappa shape index (κ3) is 6.01. The Hall–Kier alpha value is -5.64. The number of fused-ring (bicyclic) bond motifs is 2. The molecule has 0 saturated heterocycles. The third-order valence-corrected chi connectivity index (χ3v) is 8.12. The first kappa shape index (κ1) is 30.4. The van der Waals surface area contributed by atoms with Crippen LogP contribution in [0.15, 0.2) is 91.0 Å². The lowest BCUT2D eigenvalue weighted by Crippen LogP contribution is -2.46. The van der Waals surface area contributed by atoms with Crippen molar-refractivity contribution in [3.8, 4) is 17.2 Å². The molecular weight excluding hydrogens is 586 g/mol. The Morgan fingerprint density at radius 3 is 2.30 bits per heavy atom. The maximum Gasteiger partial charge on any atom is 0.299 e. The summed E-state index contributed by atoms with van der Waals surface area (Å²) in [5.74, 6) is -0.493. The van der Waals surface area contributed by atoms with E-state index in [-0.39, 0.29) is 24.8 Å². The molecular formula is C36H33N3O7. The zero-order valence-electron chi connectivity index (χ0n) is 25.7. The van der Waals surface area contributed by atoms with Crippen LogP contribution in [0.1, 0.15) is 52.9 Å². The molecule has 3 amide bonds. The molecule has 10 heteroatoms. The van der Waals surface area contributed by atoms with Crippen molar-refractivity contribution in [2.45, 2.75) is 32.4 Å².